The highest BCUT2D eigenvalue weighted by molar-refractivity contribution is 7.16. The Balaban J connectivity index is 1.41. The van der Waals surface area contributed by atoms with E-state index in [0.29, 0.717) is 11.0 Å². The summed E-state index contributed by atoms with van der Waals surface area (Å²) in [5.74, 6) is 0.364. The summed E-state index contributed by atoms with van der Waals surface area (Å²) in [5, 5.41) is 9.94. The van der Waals surface area contributed by atoms with Gasteiger partial charge in [0.2, 0.25) is 5.91 Å². The Labute approximate surface area is 160 Å². The molecule has 3 aromatic rings. The van der Waals surface area contributed by atoms with Gasteiger partial charge in [-0.1, -0.05) is 30.3 Å². The summed E-state index contributed by atoms with van der Waals surface area (Å²) in [4.78, 5) is 22.7. The van der Waals surface area contributed by atoms with E-state index in [-0.39, 0.29) is 11.9 Å². The third-order valence-electron chi connectivity index (χ3n) is 4.59. The number of carbonyl (C=O) groups excluding carboxylic acids is 1. The van der Waals surface area contributed by atoms with Crippen LogP contribution in [0.3, 0.4) is 0 Å². The van der Waals surface area contributed by atoms with Gasteiger partial charge in [-0.25, -0.2) is 9.97 Å². The van der Waals surface area contributed by atoms with Crippen LogP contribution in [-0.4, -0.2) is 28.5 Å². The number of anilines is 1. The normalized spacial score (nSPS) is 19.6. The fraction of sp³-hybridized carbons (Fsp3) is 0.316. The quantitative estimate of drug-likeness (QED) is 0.714. The summed E-state index contributed by atoms with van der Waals surface area (Å²) >= 11 is 3.09. The molecule has 1 fully saturated rings. The Morgan fingerprint density at radius 2 is 2.04 bits per heavy atom. The van der Waals surface area contributed by atoms with Gasteiger partial charge in [-0.05, 0) is 31.7 Å². The van der Waals surface area contributed by atoms with Crippen LogP contribution in [0.4, 0.5) is 5.13 Å². The number of carbonyl (C=O) groups is 1. The van der Waals surface area contributed by atoms with Crippen molar-refractivity contribution in [1.82, 2.24) is 15.3 Å². The van der Waals surface area contributed by atoms with Crippen LogP contribution in [0.15, 0.2) is 35.7 Å². The maximum absolute atomic E-state index is 12.6. The molecule has 3 heterocycles. The molecule has 1 aliphatic heterocycles. The first kappa shape index (κ1) is 17.3. The maximum atomic E-state index is 12.6. The number of amides is 1. The molecule has 2 aromatic heterocycles. The third-order valence-corrected chi connectivity index (χ3v) is 6.44. The predicted molar refractivity (Wildman–Crippen MR) is 107 cm³/mol. The molecule has 1 amide bonds. The molecule has 5 nitrogen and oxygen atoms in total. The summed E-state index contributed by atoms with van der Waals surface area (Å²) < 4.78 is 0. The van der Waals surface area contributed by atoms with E-state index in [0.717, 1.165) is 34.2 Å². The van der Waals surface area contributed by atoms with E-state index in [1.54, 1.807) is 11.3 Å². The molecule has 7 heteroatoms. The lowest BCUT2D eigenvalue weighted by molar-refractivity contribution is -0.117. The monoisotopic (exact) mass is 384 g/mol. The van der Waals surface area contributed by atoms with Gasteiger partial charge in [0.25, 0.3) is 0 Å². The smallest absolute Gasteiger partial charge is 0.243 e. The minimum atomic E-state index is -0.181. The van der Waals surface area contributed by atoms with E-state index in [4.69, 9.17) is 0 Å². The van der Waals surface area contributed by atoms with Crippen LogP contribution in [0.2, 0.25) is 0 Å². The lowest BCUT2D eigenvalue weighted by Gasteiger charge is -2.10. The standard InChI is InChI=1S/C19H20N4OS2/c1-11-17(26-12(2)21-11)16-10-25-19(22-16)23-18(24)15-8-14(9-20-15)13-6-4-3-5-7-13/h3-7,10,14-15,20H,8-9H2,1-2H3,(H,22,23,24)/t14-,15-/m1/s1. The van der Waals surface area contributed by atoms with Gasteiger partial charge < -0.3 is 10.6 Å². The highest BCUT2D eigenvalue weighted by Gasteiger charge is 2.30. The van der Waals surface area contributed by atoms with Gasteiger partial charge in [0.15, 0.2) is 5.13 Å². The summed E-state index contributed by atoms with van der Waals surface area (Å²) in [6.07, 6.45) is 0.807. The molecule has 4 rings (SSSR count). The van der Waals surface area contributed by atoms with Gasteiger partial charge in [0, 0.05) is 11.9 Å². The average molecular weight is 385 g/mol. The first-order chi connectivity index (χ1) is 12.6. The molecule has 0 saturated carbocycles. The fourth-order valence-corrected chi connectivity index (χ4v) is 4.97. The second-order valence-corrected chi connectivity index (χ2v) is 8.54. The van der Waals surface area contributed by atoms with Crippen LogP contribution >= 0.6 is 22.7 Å². The molecule has 2 N–H and O–H groups in total. The van der Waals surface area contributed by atoms with Gasteiger partial charge in [-0.2, -0.15) is 0 Å². The lowest BCUT2D eigenvalue weighted by atomic mass is 9.96. The molecule has 1 saturated heterocycles. The molecule has 0 aliphatic carbocycles. The molecule has 0 spiro atoms. The van der Waals surface area contributed by atoms with E-state index in [9.17, 15) is 4.79 Å². The second kappa shape index (κ2) is 7.26. The zero-order valence-electron chi connectivity index (χ0n) is 14.7. The number of hydrogen-bond acceptors (Lipinski definition) is 6. The number of benzene rings is 1. The van der Waals surface area contributed by atoms with Gasteiger partial charge >= 0.3 is 0 Å². The highest BCUT2D eigenvalue weighted by Crippen LogP contribution is 2.32. The maximum Gasteiger partial charge on any atom is 0.243 e. The van der Waals surface area contributed by atoms with Crippen LogP contribution in [0.25, 0.3) is 10.6 Å². The number of rotatable bonds is 4. The Bertz CT molecular complexity index is 919. The van der Waals surface area contributed by atoms with Crippen LogP contribution in [0.5, 0.6) is 0 Å². The van der Waals surface area contributed by atoms with E-state index >= 15 is 0 Å². The molecule has 1 aromatic carbocycles. The Kier molecular flexibility index (Phi) is 4.84. The minimum absolute atomic E-state index is 0.0125. The molecule has 0 unspecified atom stereocenters. The number of thiazole rings is 2. The molecule has 2 atom stereocenters. The molecule has 26 heavy (non-hydrogen) atoms. The topological polar surface area (TPSA) is 66.9 Å². The Morgan fingerprint density at radius 3 is 2.77 bits per heavy atom. The summed E-state index contributed by atoms with van der Waals surface area (Å²) in [6, 6.07) is 10.2. The summed E-state index contributed by atoms with van der Waals surface area (Å²) in [6.45, 7) is 4.80. The highest BCUT2D eigenvalue weighted by atomic mass is 32.1. The number of aromatic nitrogens is 2. The zero-order chi connectivity index (χ0) is 18.1. The van der Waals surface area contributed by atoms with Crippen LogP contribution < -0.4 is 10.6 Å². The van der Waals surface area contributed by atoms with E-state index < -0.39 is 0 Å². The molecule has 1 aliphatic rings. The van der Waals surface area contributed by atoms with E-state index in [1.807, 2.05) is 37.4 Å². The minimum Gasteiger partial charge on any atom is -0.305 e. The average Bonchev–Trinajstić information content (AvgIpc) is 3.35. The van der Waals surface area contributed by atoms with Crippen LogP contribution in [0.1, 0.15) is 28.6 Å². The van der Waals surface area contributed by atoms with Crippen molar-refractivity contribution in [2.45, 2.75) is 32.2 Å². The first-order valence-corrected chi connectivity index (χ1v) is 10.3. The van der Waals surface area contributed by atoms with Gasteiger partial charge in [-0.15, -0.1) is 22.7 Å². The Morgan fingerprint density at radius 1 is 1.23 bits per heavy atom. The largest absolute Gasteiger partial charge is 0.305 e. The summed E-state index contributed by atoms with van der Waals surface area (Å²) in [7, 11) is 0. The third kappa shape index (κ3) is 3.56. The van der Waals surface area contributed by atoms with Crippen molar-refractivity contribution in [3.8, 4) is 10.6 Å². The Hall–Kier alpha value is -2.09. The lowest BCUT2D eigenvalue weighted by Crippen LogP contribution is -2.35. The molecule has 134 valence electrons. The van der Waals surface area contributed by atoms with Crippen molar-refractivity contribution in [2.75, 3.05) is 11.9 Å². The second-order valence-electron chi connectivity index (χ2n) is 6.48. The van der Waals surface area contributed by atoms with Crippen molar-refractivity contribution in [1.29, 1.82) is 0 Å². The van der Waals surface area contributed by atoms with Crippen molar-refractivity contribution in [3.63, 3.8) is 0 Å². The number of nitrogens with zero attached hydrogens (tertiary/aromatic N) is 2. The molecule has 0 radical (unpaired) electrons. The van der Waals surface area contributed by atoms with Gasteiger partial charge in [0.05, 0.1) is 27.3 Å². The van der Waals surface area contributed by atoms with E-state index in [2.05, 4.69) is 32.7 Å². The van der Waals surface area contributed by atoms with Gasteiger partial charge in [-0.3, -0.25) is 4.79 Å². The van der Waals surface area contributed by atoms with Crippen molar-refractivity contribution in [3.05, 3.63) is 52.0 Å². The number of aryl methyl sites for hydroxylation is 2. The van der Waals surface area contributed by atoms with Gasteiger partial charge in [0.1, 0.15) is 0 Å². The number of nitrogens with one attached hydrogen (secondary N) is 2. The zero-order valence-corrected chi connectivity index (χ0v) is 16.3. The first-order valence-electron chi connectivity index (χ1n) is 8.59. The molecule has 0 bridgehead atoms. The van der Waals surface area contributed by atoms with Crippen LogP contribution in [0, 0.1) is 13.8 Å². The van der Waals surface area contributed by atoms with Crippen molar-refractivity contribution >= 4 is 33.7 Å². The summed E-state index contributed by atoms with van der Waals surface area (Å²) in [5.41, 5.74) is 3.15. The number of hydrogen-bond donors (Lipinski definition) is 2. The fourth-order valence-electron chi connectivity index (χ4n) is 3.31. The molecular weight excluding hydrogens is 364 g/mol. The SMILES string of the molecule is Cc1nc(C)c(-c2csc(NC(=O)[C@H]3C[C@@H](c4ccccc4)CN3)n2)s1. The van der Waals surface area contributed by atoms with Crippen LogP contribution in [-0.2, 0) is 4.79 Å². The van der Waals surface area contributed by atoms with Crippen molar-refractivity contribution in [2.24, 2.45) is 0 Å². The molecular formula is C19H20N4OS2. The predicted octanol–water partition coefficient (Wildman–Crippen LogP) is 3.97. The van der Waals surface area contributed by atoms with Crippen molar-refractivity contribution < 1.29 is 4.79 Å². The van der Waals surface area contributed by atoms with E-state index in [1.165, 1.54) is 16.9 Å².